The van der Waals surface area contributed by atoms with Crippen molar-refractivity contribution in [2.75, 3.05) is 0 Å². The SMILES string of the molecule is CCC=CC=CO[Si](C)(C)CC. The summed E-state index contributed by atoms with van der Waals surface area (Å²) in [6.45, 7) is 8.75. The van der Waals surface area contributed by atoms with Crippen molar-refractivity contribution in [1.82, 2.24) is 0 Å². The molecule has 0 rings (SSSR count). The first kappa shape index (κ1) is 11.5. The molecule has 0 saturated carbocycles. The molecule has 0 N–H and O–H groups in total. The molecule has 0 heterocycles. The molecular formula is C10H20OSi. The Balaban J connectivity index is 3.66. The van der Waals surface area contributed by atoms with Gasteiger partial charge in [0.2, 0.25) is 8.32 Å². The maximum atomic E-state index is 5.63. The minimum absolute atomic E-state index is 1.08. The molecule has 2 heteroatoms. The van der Waals surface area contributed by atoms with Gasteiger partial charge in [0, 0.05) is 0 Å². The first-order valence-corrected chi connectivity index (χ1v) is 7.73. The van der Waals surface area contributed by atoms with Crippen LogP contribution in [0, 0.1) is 0 Å². The Morgan fingerprint density at radius 3 is 2.33 bits per heavy atom. The highest BCUT2D eigenvalue weighted by atomic mass is 28.4. The summed E-state index contributed by atoms with van der Waals surface area (Å²) in [7, 11) is -1.36. The molecule has 0 unspecified atom stereocenters. The van der Waals surface area contributed by atoms with Gasteiger partial charge in [0.25, 0.3) is 0 Å². The van der Waals surface area contributed by atoms with Crippen LogP contribution in [0.1, 0.15) is 20.3 Å². The molecule has 0 radical (unpaired) electrons. The van der Waals surface area contributed by atoms with Gasteiger partial charge in [-0.25, -0.2) is 0 Å². The Morgan fingerprint density at radius 1 is 1.17 bits per heavy atom. The van der Waals surface area contributed by atoms with E-state index in [4.69, 9.17) is 4.43 Å². The van der Waals surface area contributed by atoms with Gasteiger partial charge >= 0.3 is 0 Å². The van der Waals surface area contributed by atoms with Crippen molar-refractivity contribution in [2.24, 2.45) is 0 Å². The van der Waals surface area contributed by atoms with Crippen LogP contribution in [0.15, 0.2) is 24.5 Å². The molecule has 0 saturated heterocycles. The van der Waals surface area contributed by atoms with Gasteiger partial charge in [-0.2, -0.15) is 0 Å². The lowest BCUT2D eigenvalue weighted by Crippen LogP contribution is -2.26. The predicted octanol–water partition coefficient (Wildman–Crippen LogP) is 3.71. The highest BCUT2D eigenvalue weighted by Crippen LogP contribution is 2.09. The monoisotopic (exact) mass is 184 g/mol. The molecule has 0 bridgehead atoms. The van der Waals surface area contributed by atoms with E-state index in [9.17, 15) is 0 Å². The zero-order valence-corrected chi connectivity index (χ0v) is 9.63. The molecule has 0 atom stereocenters. The summed E-state index contributed by atoms with van der Waals surface area (Å²) in [5.41, 5.74) is 0. The number of hydrogen-bond donors (Lipinski definition) is 0. The molecule has 1 nitrogen and oxygen atoms in total. The van der Waals surface area contributed by atoms with E-state index in [-0.39, 0.29) is 0 Å². The van der Waals surface area contributed by atoms with Crippen molar-refractivity contribution in [3.8, 4) is 0 Å². The molecule has 0 spiro atoms. The molecule has 0 aromatic rings. The summed E-state index contributed by atoms with van der Waals surface area (Å²) in [6, 6.07) is 1.16. The summed E-state index contributed by atoms with van der Waals surface area (Å²) in [5, 5.41) is 0. The maximum Gasteiger partial charge on any atom is 0.244 e. The summed E-state index contributed by atoms with van der Waals surface area (Å²) < 4.78 is 5.63. The Morgan fingerprint density at radius 2 is 1.83 bits per heavy atom. The first-order chi connectivity index (χ1) is 5.62. The van der Waals surface area contributed by atoms with Crippen LogP contribution < -0.4 is 0 Å². The van der Waals surface area contributed by atoms with E-state index in [1.165, 1.54) is 0 Å². The lowest BCUT2D eigenvalue weighted by Gasteiger charge is -2.18. The fraction of sp³-hybridized carbons (Fsp3) is 0.600. The summed E-state index contributed by atoms with van der Waals surface area (Å²) in [4.78, 5) is 0. The van der Waals surface area contributed by atoms with Crippen LogP contribution in [0.5, 0.6) is 0 Å². The van der Waals surface area contributed by atoms with Gasteiger partial charge in [0.15, 0.2) is 0 Å². The van der Waals surface area contributed by atoms with Crippen LogP contribution in [0.3, 0.4) is 0 Å². The second-order valence-electron chi connectivity index (χ2n) is 3.40. The van der Waals surface area contributed by atoms with Crippen molar-refractivity contribution in [3.05, 3.63) is 24.5 Å². The van der Waals surface area contributed by atoms with Crippen LogP contribution in [-0.4, -0.2) is 8.32 Å². The molecule has 0 aromatic heterocycles. The lowest BCUT2D eigenvalue weighted by atomic mass is 10.4. The molecular weight excluding hydrogens is 164 g/mol. The first-order valence-electron chi connectivity index (χ1n) is 4.62. The summed E-state index contributed by atoms with van der Waals surface area (Å²) in [6.07, 6.45) is 9.01. The van der Waals surface area contributed by atoms with Gasteiger partial charge in [-0.1, -0.05) is 26.0 Å². The van der Waals surface area contributed by atoms with Gasteiger partial charge in [-0.05, 0) is 31.6 Å². The van der Waals surface area contributed by atoms with Crippen LogP contribution in [0.2, 0.25) is 19.1 Å². The van der Waals surface area contributed by atoms with E-state index in [1.54, 1.807) is 0 Å². The van der Waals surface area contributed by atoms with E-state index >= 15 is 0 Å². The minimum Gasteiger partial charge on any atom is -0.549 e. The average molecular weight is 184 g/mol. The van der Waals surface area contributed by atoms with Crippen LogP contribution in [-0.2, 0) is 4.43 Å². The van der Waals surface area contributed by atoms with E-state index in [1.807, 2.05) is 18.4 Å². The average Bonchev–Trinajstić information content (AvgIpc) is 2.04. The third kappa shape index (κ3) is 6.22. The smallest absolute Gasteiger partial charge is 0.244 e. The molecule has 0 aliphatic rings. The second kappa shape index (κ2) is 6.06. The summed E-state index contributed by atoms with van der Waals surface area (Å²) >= 11 is 0. The van der Waals surface area contributed by atoms with Gasteiger partial charge in [-0.3, -0.25) is 0 Å². The third-order valence-corrected chi connectivity index (χ3v) is 4.28. The zero-order chi connectivity index (χ0) is 9.45. The number of hydrogen-bond acceptors (Lipinski definition) is 1. The topological polar surface area (TPSA) is 9.23 Å². The quantitative estimate of drug-likeness (QED) is 0.359. The van der Waals surface area contributed by atoms with E-state index in [0.717, 1.165) is 12.5 Å². The van der Waals surface area contributed by atoms with Gasteiger partial charge in [-0.15, -0.1) is 0 Å². The van der Waals surface area contributed by atoms with Crippen LogP contribution >= 0.6 is 0 Å². The van der Waals surface area contributed by atoms with Gasteiger partial charge < -0.3 is 4.43 Å². The Bertz CT molecular complexity index is 159. The number of allylic oxidation sites excluding steroid dienone is 3. The van der Waals surface area contributed by atoms with Crippen molar-refractivity contribution >= 4 is 8.32 Å². The van der Waals surface area contributed by atoms with E-state index in [2.05, 4.69) is 33.0 Å². The molecule has 0 aromatic carbocycles. The standard InChI is InChI=1S/C10H20OSi/c1-5-7-8-9-10-11-12(3,4)6-2/h7-10H,5-6H2,1-4H3. The van der Waals surface area contributed by atoms with Crippen molar-refractivity contribution in [3.63, 3.8) is 0 Å². The van der Waals surface area contributed by atoms with Gasteiger partial charge in [0.05, 0.1) is 6.26 Å². The fourth-order valence-electron chi connectivity index (χ4n) is 0.567. The maximum absolute atomic E-state index is 5.63. The zero-order valence-electron chi connectivity index (χ0n) is 8.63. The second-order valence-corrected chi connectivity index (χ2v) is 7.86. The van der Waals surface area contributed by atoms with E-state index in [0.29, 0.717) is 0 Å². The number of rotatable bonds is 5. The highest BCUT2D eigenvalue weighted by Gasteiger charge is 2.18. The van der Waals surface area contributed by atoms with Crippen molar-refractivity contribution < 1.29 is 4.43 Å². The molecule has 0 aliphatic carbocycles. The predicted molar refractivity (Wildman–Crippen MR) is 57.6 cm³/mol. The lowest BCUT2D eigenvalue weighted by molar-refractivity contribution is 0.473. The van der Waals surface area contributed by atoms with Crippen LogP contribution in [0.4, 0.5) is 0 Å². The third-order valence-electron chi connectivity index (χ3n) is 1.80. The summed E-state index contributed by atoms with van der Waals surface area (Å²) in [5.74, 6) is 0. The Hall–Kier alpha value is -0.503. The molecule has 0 aliphatic heterocycles. The van der Waals surface area contributed by atoms with Crippen LogP contribution in [0.25, 0.3) is 0 Å². The molecule has 0 amide bonds. The highest BCUT2D eigenvalue weighted by molar-refractivity contribution is 6.71. The van der Waals surface area contributed by atoms with Crippen molar-refractivity contribution in [1.29, 1.82) is 0 Å². The van der Waals surface area contributed by atoms with E-state index < -0.39 is 8.32 Å². The Labute approximate surface area is 77.3 Å². The largest absolute Gasteiger partial charge is 0.549 e. The minimum atomic E-state index is -1.36. The molecule has 0 fully saturated rings. The fourth-order valence-corrected chi connectivity index (χ4v) is 1.18. The normalized spacial score (nSPS) is 13.0. The molecule has 70 valence electrons. The molecule has 12 heavy (non-hydrogen) atoms. The Kier molecular flexibility index (Phi) is 5.81. The van der Waals surface area contributed by atoms with Gasteiger partial charge in [0.1, 0.15) is 0 Å². The van der Waals surface area contributed by atoms with Crippen molar-refractivity contribution in [2.45, 2.75) is 39.4 Å².